The first-order chi connectivity index (χ1) is 9.11. The van der Waals surface area contributed by atoms with Gasteiger partial charge in [-0.05, 0) is 24.1 Å². The Morgan fingerprint density at radius 3 is 3.05 bits per heavy atom. The Morgan fingerprint density at radius 1 is 1.63 bits per heavy atom. The van der Waals surface area contributed by atoms with Crippen molar-refractivity contribution >= 4 is 21.9 Å². The second-order valence-electron chi connectivity index (χ2n) is 4.67. The predicted octanol–water partition coefficient (Wildman–Crippen LogP) is 2.69. The van der Waals surface area contributed by atoms with E-state index in [-0.39, 0.29) is 6.10 Å². The predicted molar refractivity (Wildman–Crippen MR) is 76.1 cm³/mol. The van der Waals surface area contributed by atoms with Crippen LogP contribution < -0.4 is 0 Å². The third-order valence-corrected chi connectivity index (χ3v) is 3.92. The molecule has 0 aromatic heterocycles. The number of hydrogen-bond acceptors (Lipinski definition) is 3. The fourth-order valence-electron chi connectivity index (χ4n) is 2.45. The first-order valence-electron chi connectivity index (χ1n) is 6.45. The number of hydrogen-bond donors (Lipinski definition) is 1. The Morgan fingerprint density at radius 2 is 2.42 bits per heavy atom. The summed E-state index contributed by atoms with van der Waals surface area (Å²) in [4.78, 5) is 13.2. The number of carboxylic acids is 1. The van der Waals surface area contributed by atoms with E-state index >= 15 is 0 Å². The number of nitrogens with zero attached hydrogens (tertiary/aromatic N) is 1. The third kappa shape index (κ3) is 3.55. The van der Waals surface area contributed by atoms with Crippen LogP contribution in [0.1, 0.15) is 25.0 Å². The molecule has 4 nitrogen and oxygen atoms in total. The van der Waals surface area contributed by atoms with Gasteiger partial charge in [-0.3, -0.25) is 9.69 Å². The number of benzene rings is 1. The van der Waals surface area contributed by atoms with Crippen molar-refractivity contribution in [1.82, 2.24) is 4.90 Å². The van der Waals surface area contributed by atoms with Crippen molar-refractivity contribution in [3.63, 3.8) is 0 Å². The molecule has 1 saturated heterocycles. The van der Waals surface area contributed by atoms with Crippen LogP contribution in [0.4, 0.5) is 0 Å². The monoisotopic (exact) mass is 327 g/mol. The summed E-state index contributed by atoms with van der Waals surface area (Å²) in [6.07, 6.45) is 0.556. The molecule has 2 rings (SSSR count). The summed E-state index contributed by atoms with van der Waals surface area (Å²) in [7, 11) is 0. The minimum Gasteiger partial charge on any atom is -0.480 e. The van der Waals surface area contributed by atoms with E-state index in [1.807, 2.05) is 36.1 Å². The largest absolute Gasteiger partial charge is 0.480 e. The molecule has 0 bridgehead atoms. The summed E-state index contributed by atoms with van der Waals surface area (Å²) >= 11 is 3.45. The van der Waals surface area contributed by atoms with Crippen molar-refractivity contribution in [2.75, 3.05) is 19.7 Å². The minimum absolute atomic E-state index is 0.0559. The summed E-state index contributed by atoms with van der Waals surface area (Å²) in [5.41, 5.74) is 1.08. The minimum atomic E-state index is -0.752. The number of morpholine rings is 1. The third-order valence-electron chi connectivity index (χ3n) is 3.43. The smallest absolute Gasteiger partial charge is 0.320 e. The van der Waals surface area contributed by atoms with Crippen molar-refractivity contribution in [2.24, 2.45) is 0 Å². The van der Waals surface area contributed by atoms with Crippen LogP contribution in [-0.2, 0) is 9.53 Å². The number of carboxylic acid groups (broad SMARTS) is 1. The molecule has 2 atom stereocenters. The first kappa shape index (κ1) is 14.5. The van der Waals surface area contributed by atoms with E-state index in [2.05, 4.69) is 15.9 Å². The highest BCUT2D eigenvalue weighted by Crippen LogP contribution is 2.26. The lowest BCUT2D eigenvalue weighted by Crippen LogP contribution is -2.48. The zero-order valence-electron chi connectivity index (χ0n) is 10.9. The second-order valence-corrected chi connectivity index (χ2v) is 5.59. The van der Waals surface area contributed by atoms with Crippen molar-refractivity contribution in [3.05, 3.63) is 34.3 Å². The molecule has 0 spiro atoms. The topological polar surface area (TPSA) is 49.8 Å². The molecule has 0 aliphatic carbocycles. The van der Waals surface area contributed by atoms with Crippen LogP contribution in [0.25, 0.3) is 0 Å². The molecule has 104 valence electrons. The normalized spacial score (nSPS) is 22.1. The molecule has 1 aliphatic heterocycles. The molecule has 5 heteroatoms. The zero-order valence-corrected chi connectivity index (χ0v) is 12.5. The summed E-state index contributed by atoms with van der Waals surface area (Å²) in [6, 6.07) is 7.56. The van der Waals surface area contributed by atoms with Crippen LogP contribution in [0.2, 0.25) is 0 Å². The van der Waals surface area contributed by atoms with Crippen molar-refractivity contribution < 1.29 is 14.6 Å². The molecule has 0 unspecified atom stereocenters. The van der Waals surface area contributed by atoms with Crippen LogP contribution in [0.5, 0.6) is 0 Å². The van der Waals surface area contributed by atoms with E-state index in [0.29, 0.717) is 26.1 Å². The van der Waals surface area contributed by atoms with E-state index in [4.69, 9.17) is 4.74 Å². The lowest BCUT2D eigenvalue weighted by atomic mass is 10.1. The SMILES string of the molecule is CC[C@@H](C(=O)O)N1CCO[C@H](c2cccc(Br)c2)C1. The highest BCUT2D eigenvalue weighted by Gasteiger charge is 2.30. The van der Waals surface area contributed by atoms with Gasteiger partial charge in [-0.25, -0.2) is 0 Å². The average molecular weight is 328 g/mol. The number of rotatable bonds is 4. The number of aliphatic carboxylic acids is 1. The summed E-state index contributed by atoms with van der Waals surface area (Å²) in [6.45, 7) is 3.78. The zero-order chi connectivity index (χ0) is 13.8. The van der Waals surface area contributed by atoms with Gasteiger partial charge in [0.25, 0.3) is 0 Å². The van der Waals surface area contributed by atoms with Gasteiger partial charge in [0.1, 0.15) is 6.04 Å². The number of ether oxygens (including phenoxy) is 1. The van der Waals surface area contributed by atoms with E-state index in [9.17, 15) is 9.90 Å². The Balaban J connectivity index is 2.10. The van der Waals surface area contributed by atoms with Crippen molar-refractivity contribution in [1.29, 1.82) is 0 Å². The molecular formula is C14H18BrNO3. The van der Waals surface area contributed by atoms with E-state index < -0.39 is 12.0 Å². The molecule has 0 amide bonds. The van der Waals surface area contributed by atoms with Gasteiger partial charge < -0.3 is 9.84 Å². The fraction of sp³-hybridized carbons (Fsp3) is 0.500. The lowest BCUT2D eigenvalue weighted by molar-refractivity contribution is -0.147. The lowest BCUT2D eigenvalue weighted by Gasteiger charge is -2.36. The molecule has 19 heavy (non-hydrogen) atoms. The van der Waals surface area contributed by atoms with Gasteiger partial charge in [-0.15, -0.1) is 0 Å². The molecule has 1 fully saturated rings. The van der Waals surface area contributed by atoms with Gasteiger partial charge >= 0.3 is 5.97 Å². The van der Waals surface area contributed by atoms with Crippen LogP contribution in [0.15, 0.2) is 28.7 Å². The molecular weight excluding hydrogens is 310 g/mol. The quantitative estimate of drug-likeness (QED) is 0.923. The van der Waals surface area contributed by atoms with Crippen LogP contribution in [-0.4, -0.2) is 41.7 Å². The standard InChI is InChI=1S/C14H18BrNO3/c1-2-12(14(17)18)16-6-7-19-13(9-16)10-4-3-5-11(15)8-10/h3-5,8,12-13H,2,6-7,9H2,1H3,(H,17,18)/t12-,13-/m0/s1. The van der Waals surface area contributed by atoms with Gasteiger partial charge in [0.2, 0.25) is 0 Å². The molecule has 0 radical (unpaired) electrons. The van der Waals surface area contributed by atoms with Gasteiger partial charge in [-0.1, -0.05) is 35.0 Å². The molecule has 1 aliphatic rings. The average Bonchev–Trinajstić information content (AvgIpc) is 2.39. The Kier molecular flexibility index (Phi) is 4.96. The Labute approximate surface area is 121 Å². The van der Waals surface area contributed by atoms with Crippen molar-refractivity contribution in [2.45, 2.75) is 25.5 Å². The van der Waals surface area contributed by atoms with E-state index in [1.54, 1.807) is 0 Å². The van der Waals surface area contributed by atoms with Crippen LogP contribution in [0.3, 0.4) is 0 Å². The molecule has 1 N–H and O–H groups in total. The second kappa shape index (κ2) is 6.50. The van der Waals surface area contributed by atoms with Gasteiger partial charge in [0.05, 0.1) is 12.7 Å². The molecule has 1 aromatic rings. The maximum absolute atomic E-state index is 11.2. The van der Waals surface area contributed by atoms with Crippen LogP contribution >= 0.6 is 15.9 Å². The Hall–Kier alpha value is -0.910. The first-order valence-corrected chi connectivity index (χ1v) is 7.25. The summed E-state index contributed by atoms with van der Waals surface area (Å²) < 4.78 is 6.78. The Bertz CT molecular complexity index is 452. The molecule has 1 heterocycles. The van der Waals surface area contributed by atoms with E-state index in [0.717, 1.165) is 10.0 Å². The molecule has 0 saturated carbocycles. The van der Waals surface area contributed by atoms with Gasteiger partial charge in [0.15, 0.2) is 0 Å². The number of halogens is 1. The molecule has 1 aromatic carbocycles. The fourth-order valence-corrected chi connectivity index (χ4v) is 2.87. The number of carbonyl (C=O) groups is 1. The maximum atomic E-state index is 11.2. The highest BCUT2D eigenvalue weighted by molar-refractivity contribution is 9.10. The van der Waals surface area contributed by atoms with Gasteiger partial charge in [0, 0.05) is 17.6 Å². The van der Waals surface area contributed by atoms with Crippen molar-refractivity contribution in [3.8, 4) is 0 Å². The highest BCUT2D eigenvalue weighted by atomic mass is 79.9. The van der Waals surface area contributed by atoms with E-state index in [1.165, 1.54) is 0 Å². The van der Waals surface area contributed by atoms with Crippen LogP contribution in [0, 0.1) is 0 Å². The maximum Gasteiger partial charge on any atom is 0.320 e. The summed E-state index contributed by atoms with van der Waals surface area (Å²) in [5, 5.41) is 9.24. The summed E-state index contributed by atoms with van der Waals surface area (Å²) in [5.74, 6) is -0.752. The van der Waals surface area contributed by atoms with Gasteiger partial charge in [-0.2, -0.15) is 0 Å².